The highest BCUT2D eigenvalue weighted by Gasteiger charge is 2.55. The molecule has 0 aromatic heterocycles. The highest BCUT2D eigenvalue weighted by atomic mass is 16.5. The molecule has 0 spiro atoms. The van der Waals surface area contributed by atoms with Crippen LogP contribution in [-0.4, -0.2) is 66.3 Å². The Balaban J connectivity index is 1.19. The lowest BCUT2D eigenvalue weighted by Crippen LogP contribution is -2.45. The largest absolute Gasteiger partial charge is 0.497 e. The first-order chi connectivity index (χ1) is 22.0. The molecule has 3 aliphatic heterocycles. The molecule has 11 nitrogen and oxygen atoms in total. The number of hydrazone groups is 1. The molecule has 0 unspecified atom stereocenters. The number of anilines is 1. The molecule has 0 radical (unpaired) electrons. The summed E-state index contributed by atoms with van der Waals surface area (Å²) in [6.07, 6.45) is 4.79. The van der Waals surface area contributed by atoms with Gasteiger partial charge in [0.05, 0.1) is 31.7 Å². The average molecular weight is 605 g/mol. The third-order valence-electron chi connectivity index (χ3n) is 8.84. The Labute approximate surface area is 260 Å². The Morgan fingerprint density at radius 1 is 0.889 bits per heavy atom. The summed E-state index contributed by atoms with van der Waals surface area (Å²) in [5, 5.41) is 16.0. The maximum Gasteiger partial charge on any atom is 0.264 e. The minimum absolute atomic E-state index is 0.0168. The van der Waals surface area contributed by atoms with Crippen LogP contribution >= 0.6 is 0 Å². The van der Waals surface area contributed by atoms with Crippen LogP contribution in [0.25, 0.3) is 6.08 Å². The van der Waals surface area contributed by atoms with Crippen molar-refractivity contribution < 1.29 is 23.9 Å². The first kappa shape index (κ1) is 28.5. The second-order valence-electron chi connectivity index (χ2n) is 11.4. The molecule has 1 aliphatic carbocycles. The first-order valence-electron chi connectivity index (χ1n) is 15.0. The van der Waals surface area contributed by atoms with E-state index in [1.54, 1.807) is 38.5 Å². The molecular formula is C34H32N6O5. The molecule has 45 heavy (non-hydrogen) atoms. The smallest absolute Gasteiger partial charge is 0.264 e. The van der Waals surface area contributed by atoms with Gasteiger partial charge in [-0.3, -0.25) is 19.4 Å². The molecule has 3 aromatic carbocycles. The molecule has 228 valence electrons. The minimum Gasteiger partial charge on any atom is -0.497 e. The second-order valence-corrected chi connectivity index (χ2v) is 11.4. The number of fused-ring (bicyclic) bond motifs is 2. The molecule has 2 fully saturated rings. The summed E-state index contributed by atoms with van der Waals surface area (Å²) >= 11 is 0. The van der Waals surface area contributed by atoms with Crippen LogP contribution in [0.4, 0.5) is 5.69 Å². The number of methoxy groups -OCH3 is 2. The van der Waals surface area contributed by atoms with Gasteiger partial charge in [-0.15, -0.1) is 0 Å². The zero-order chi connectivity index (χ0) is 31.1. The number of allylic oxidation sites excluding steroid dienone is 1. The number of carbonyl (C=O) groups excluding carboxylic acids is 3. The summed E-state index contributed by atoms with van der Waals surface area (Å²) in [5.74, 6) is 0.245. The lowest BCUT2D eigenvalue weighted by molar-refractivity contribution is -0.136. The highest BCUT2D eigenvalue weighted by Crippen LogP contribution is 2.45. The third-order valence-corrected chi connectivity index (χ3v) is 8.84. The number of hydrogen-bond donors (Lipinski definition) is 0. The van der Waals surface area contributed by atoms with E-state index < -0.39 is 23.9 Å². The van der Waals surface area contributed by atoms with Gasteiger partial charge in [-0.1, -0.05) is 47.7 Å². The Bertz CT molecular complexity index is 1720. The van der Waals surface area contributed by atoms with Crippen molar-refractivity contribution in [2.45, 2.75) is 37.4 Å². The maximum absolute atomic E-state index is 14.1. The van der Waals surface area contributed by atoms with Crippen LogP contribution in [0, 0.1) is 5.92 Å². The molecule has 3 aromatic rings. The van der Waals surface area contributed by atoms with Gasteiger partial charge in [0.1, 0.15) is 18.0 Å². The van der Waals surface area contributed by atoms with Crippen molar-refractivity contribution in [1.82, 2.24) is 10.0 Å². The third kappa shape index (κ3) is 5.03. The molecule has 3 heterocycles. The fourth-order valence-corrected chi connectivity index (χ4v) is 6.64. The van der Waals surface area contributed by atoms with Crippen molar-refractivity contribution in [1.29, 1.82) is 0 Å². The van der Waals surface area contributed by atoms with Gasteiger partial charge in [0.15, 0.2) is 12.1 Å². The van der Waals surface area contributed by atoms with Crippen LogP contribution in [0.15, 0.2) is 99.9 Å². The van der Waals surface area contributed by atoms with Gasteiger partial charge in [-0.25, -0.2) is 9.91 Å². The van der Waals surface area contributed by atoms with Crippen LogP contribution in [0.5, 0.6) is 11.5 Å². The molecule has 1 saturated carbocycles. The van der Waals surface area contributed by atoms with Gasteiger partial charge < -0.3 is 9.47 Å². The number of para-hydroxylation sites is 1. The molecule has 0 N–H and O–H groups in total. The normalized spacial score (nSPS) is 24.6. The summed E-state index contributed by atoms with van der Waals surface area (Å²) in [5.41, 5.74) is 4.39. The van der Waals surface area contributed by atoms with Gasteiger partial charge in [0, 0.05) is 5.92 Å². The van der Waals surface area contributed by atoms with Crippen LogP contribution < -0.4 is 14.4 Å². The Morgan fingerprint density at radius 3 is 2.27 bits per heavy atom. The van der Waals surface area contributed by atoms with Crippen LogP contribution in [-0.2, 0) is 14.4 Å². The standard InChI is InChI=1S/C34H32N6O5/c1-44-25-15-11-21(12-16-25)19-23-7-6-10-27-29(23)36-40(31(27)22-13-17-26(45-2)18-14-22)28(41)20-38-32-30(35-37-38)33(42)39(34(32)43)24-8-4-3-5-9-24/h3-5,8-9,11-19,27,30-32H,6-7,10,20H2,1-2H3/b23-19+/t27-,30+,31-,32-/m1/s1. The van der Waals surface area contributed by atoms with Crippen LogP contribution in [0.3, 0.4) is 0 Å². The molecule has 7 rings (SSSR count). The van der Waals surface area contributed by atoms with E-state index in [-0.39, 0.29) is 24.4 Å². The van der Waals surface area contributed by atoms with Gasteiger partial charge in [-0.2, -0.15) is 10.2 Å². The van der Waals surface area contributed by atoms with E-state index in [1.807, 2.05) is 54.6 Å². The monoisotopic (exact) mass is 604 g/mol. The average Bonchev–Trinajstić information content (AvgIpc) is 3.75. The van der Waals surface area contributed by atoms with Crippen molar-refractivity contribution in [3.05, 3.63) is 95.6 Å². The maximum atomic E-state index is 14.1. The van der Waals surface area contributed by atoms with Crippen LogP contribution in [0.1, 0.15) is 36.4 Å². The molecule has 1 saturated heterocycles. The number of amides is 3. The fraction of sp³-hybridized carbons (Fsp3) is 0.294. The summed E-state index contributed by atoms with van der Waals surface area (Å²) in [4.78, 5) is 41.9. The molecule has 3 amide bonds. The summed E-state index contributed by atoms with van der Waals surface area (Å²) in [6, 6.07) is 21.9. The van der Waals surface area contributed by atoms with Gasteiger partial charge in [-0.05, 0) is 78.4 Å². The number of ether oxygens (including phenoxy) is 2. The predicted molar refractivity (Wildman–Crippen MR) is 166 cm³/mol. The number of imide groups is 1. The first-order valence-corrected chi connectivity index (χ1v) is 15.0. The van der Waals surface area contributed by atoms with E-state index >= 15 is 0 Å². The van der Waals surface area contributed by atoms with Crippen molar-refractivity contribution >= 4 is 35.2 Å². The SMILES string of the molecule is COc1ccc(/C=C2\CCC[C@@H]3C2=NN(C(=O)CN2N=N[C@@H]4C(=O)N(c5ccccc5)C(=O)[C@@H]42)[C@@H]3c2ccc(OC)cc2)cc1. The number of nitrogens with zero attached hydrogens (tertiary/aromatic N) is 6. The fourth-order valence-electron chi connectivity index (χ4n) is 6.64. The van der Waals surface area contributed by atoms with E-state index in [9.17, 15) is 14.4 Å². The quantitative estimate of drug-likeness (QED) is 0.357. The number of carbonyl (C=O) groups is 3. The Hall–Kier alpha value is -5.32. The van der Waals surface area contributed by atoms with Gasteiger partial charge >= 0.3 is 0 Å². The Kier molecular flexibility index (Phi) is 7.36. The number of benzene rings is 3. The second kappa shape index (κ2) is 11.6. The zero-order valence-electron chi connectivity index (χ0n) is 24.9. The predicted octanol–water partition coefficient (Wildman–Crippen LogP) is 4.82. The highest BCUT2D eigenvalue weighted by molar-refractivity contribution is 6.25. The minimum atomic E-state index is -0.991. The molecule has 11 heteroatoms. The van der Waals surface area contributed by atoms with Gasteiger partial charge in [0.25, 0.3) is 17.7 Å². The molecular weight excluding hydrogens is 572 g/mol. The van der Waals surface area contributed by atoms with Crippen molar-refractivity contribution in [3.8, 4) is 11.5 Å². The van der Waals surface area contributed by atoms with Crippen LogP contribution in [0.2, 0.25) is 0 Å². The van der Waals surface area contributed by atoms with Crippen molar-refractivity contribution in [2.24, 2.45) is 21.4 Å². The van der Waals surface area contributed by atoms with E-state index in [0.29, 0.717) is 5.69 Å². The van der Waals surface area contributed by atoms with Crippen molar-refractivity contribution in [2.75, 3.05) is 25.7 Å². The Morgan fingerprint density at radius 2 is 1.58 bits per heavy atom. The molecule has 0 bridgehead atoms. The number of rotatable bonds is 7. The topological polar surface area (TPSA) is 116 Å². The number of hydrogen-bond acceptors (Lipinski definition) is 9. The van der Waals surface area contributed by atoms with Crippen molar-refractivity contribution in [3.63, 3.8) is 0 Å². The van der Waals surface area contributed by atoms with E-state index in [1.165, 1.54) is 10.0 Å². The summed E-state index contributed by atoms with van der Waals surface area (Å²) < 4.78 is 10.7. The molecule has 4 atom stereocenters. The van der Waals surface area contributed by atoms with Gasteiger partial charge in [0.2, 0.25) is 0 Å². The van der Waals surface area contributed by atoms with E-state index in [4.69, 9.17) is 14.6 Å². The lowest BCUT2D eigenvalue weighted by Gasteiger charge is -2.30. The van der Waals surface area contributed by atoms with E-state index in [2.05, 4.69) is 16.4 Å². The van der Waals surface area contributed by atoms with E-state index in [0.717, 1.165) is 58.1 Å². The molecule has 4 aliphatic rings. The zero-order valence-corrected chi connectivity index (χ0v) is 24.9. The summed E-state index contributed by atoms with van der Waals surface area (Å²) in [6.45, 7) is -0.250. The summed E-state index contributed by atoms with van der Waals surface area (Å²) in [7, 11) is 3.26. The lowest BCUT2D eigenvalue weighted by atomic mass is 9.77.